The summed E-state index contributed by atoms with van der Waals surface area (Å²) in [7, 11) is 0. The van der Waals surface area contributed by atoms with Gasteiger partial charge >= 0.3 is 0 Å². The molecule has 0 aliphatic carbocycles. The number of aryl methyl sites for hydroxylation is 1. The van der Waals surface area contributed by atoms with E-state index in [1.807, 2.05) is 0 Å². The van der Waals surface area contributed by atoms with Gasteiger partial charge in [0.2, 0.25) is 0 Å². The van der Waals surface area contributed by atoms with E-state index in [1.54, 1.807) is 13.8 Å². The number of benzene rings is 1. The van der Waals surface area contributed by atoms with Crippen LogP contribution < -0.4 is 5.73 Å². The molecule has 0 saturated carbocycles. The van der Waals surface area contributed by atoms with Crippen molar-refractivity contribution in [3.8, 4) is 0 Å². The molecule has 1 atom stereocenters. The minimum atomic E-state index is -0.702. The summed E-state index contributed by atoms with van der Waals surface area (Å²) in [5, 5.41) is -0.0560. The van der Waals surface area contributed by atoms with E-state index in [0.29, 0.717) is 5.56 Å². The normalized spacial score (nSPS) is 13.0. The second kappa shape index (κ2) is 4.24. The van der Waals surface area contributed by atoms with Crippen LogP contribution in [0, 0.1) is 18.6 Å². The lowest BCUT2D eigenvalue weighted by Crippen LogP contribution is -2.20. The third-order valence-corrected chi connectivity index (χ3v) is 2.23. The van der Waals surface area contributed by atoms with Gasteiger partial charge in [-0.15, -0.1) is 0 Å². The zero-order valence-electron chi connectivity index (χ0n) is 8.07. The Bertz CT molecular complexity index is 324. The van der Waals surface area contributed by atoms with E-state index in [-0.39, 0.29) is 23.0 Å². The van der Waals surface area contributed by atoms with Crippen molar-refractivity contribution in [2.45, 2.75) is 26.3 Å². The molecule has 0 radical (unpaired) electrons. The zero-order chi connectivity index (χ0) is 10.9. The zero-order valence-corrected chi connectivity index (χ0v) is 8.83. The number of hydrogen-bond acceptors (Lipinski definition) is 1. The molecule has 1 aromatic rings. The summed E-state index contributed by atoms with van der Waals surface area (Å²) in [6.45, 7) is 3.24. The van der Waals surface area contributed by atoms with Gasteiger partial charge in [-0.1, -0.05) is 11.6 Å². The molecule has 2 N–H and O–H groups in total. The van der Waals surface area contributed by atoms with E-state index in [2.05, 4.69) is 0 Å². The minimum Gasteiger partial charge on any atom is -0.328 e. The molecule has 1 aromatic carbocycles. The number of nitrogens with two attached hydrogens (primary N) is 1. The lowest BCUT2D eigenvalue weighted by Gasteiger charge is -2.10. The summed E-state index contributed by atoms with van der Waals surface area (Å²) in [6.07, 6.45) is 0.152. The van der Waals surface area contributed by atoms with Crippen LogP contribution in [-0.4, -0.2) is 6.04 Å². The fourth-order valence-corrected chi connectivity index (χ4v) is 1.57. The summed E-state index contributed by atoms with van der Waals surface area (Å²) < 4.78 is 26.8. The first kappa shape index (κ1) is 11.4. The first-order valence-electron chi connectivity index (χ1n) is 4.32. The van der Waals surface area contributed by atoms with Crippen LogP contribution in [0.25, 0.3) is 0 Å². The SMILES string of the molecule is Cc1cc(Cl)c(F)c(CC(C)N)c1F. The highest BCUT2D eigenvalue weighted by Gasteiger charge is 2.16. The summed E-state index contributed by atoms with van der Waals surface area (Å²) >= 11 is 5.59. The second-order valence-corrected chi connectivity index (χ2v) is 3.87. The van der Waals surface area contributed by atoms with Crippen molar-refractivity contribution < 1.29 is 8.78 Å². The standard InChI is InChI=1S/C10H12ClF2N/c1-5-3-8(11)10(13)7(9(5)12)4-6(2)14/h3,6H,4,14H2,1-2H3. The molecule has 1 nitrogen and oxygen atoms in total. The molecule has 1 rings (SSSR count). The van der Waals surface area contributed by atoms with Crippen LogP contribution in [0.5, 0.6) is 0 Å². The molecule has 0 aliphatic heterocycles. The van der Waals surface area contributed by atoms with E-state index in [4.69, 9.17) is 17.3 Å². The quantitative estimate of drug-likeness (QED) is 0.761. The Morgan fingerprint density at radius 1 is 1.43 bits per heavy atom. The predicted octanol–water partition coefficient (Wildman–Crippen LogP) is 2.82. The molecule has 0 spiro atoms. The minimum absolute atomic E-state index is 0.0231. The molecule has 0 aromatic heterocycles. The Labute approximate surface area is 86.9 Å². The van der Waals surface area contributed by atoms with Crippen LogP contribution >= 0.6 is 11.6 Å². The van der Waals surface area contributed by atoms with Gasteiger partial charge in [0.25, 0.3) is 0 Å². The molecule has 0 fully saturated rings. The van der Waals surface area contributed by atoms with Crippen molar-refractivity contribution in [3.63, 3.8) is 0 Å². The molecular weight excluding hydrogens is 208 g/mol. The van der Waals surface area contributed by atoms with Crippen molar-refractivity contribution in [2.24, 2.45) is 5.73 Å². The maximum atomic E-state index is 13.4. The number of halogens is 3. The molecule has 0 saturated heterocycles. The Balaban J connectivity index is 3.25. The third kappa shape index (κ3) is 2.22. The maximum absolute atomic E-state index is 13.4. The predicted molar refractivity (Wildman–Crippen MR) is 53.5 cm³/mol. The van der Waals surface area contributed by atoms with E-state index >= 15 is 0 Å². The fraction of sp³-hybridized carbons (Fsp3) is 0.400. The molecule has 78 valence electrons. The van der Waals surface area contributed by atoms with Crippen LogP contribution in [0.15, 0.2) is 6.07 Å². The van der Waals surface area contributed by atoms with Gasteiger partial charge < -0.3 is 5.73 Å². The van der Waals surface area contributed by atoms with Crippen LogP contribution in [0.4, 0.5) is 8.78 Å². The monoisotopic (exact) mass is 219 g/mol. The smallest absolute Gasteiger partial charge is 0.147 e. The largest absolute Gasteiger partial charge is 0.328 e. The fourth-order valence-electron chi connectivity index (χ4n) is 1.30. The van der Waals surface area contributed by atoms with Crippen LogP contribution in [-0.2, 0) is 6.42 Å². The van der Waals surface area contributed by atoms with E-state index in [9.17, 15) is 8.78 Å². The average molecular weight is 220 g/mol. The highest BCUT2D eigenvalue weighted by atomic mass is 35.5. The molecule has 0 bridgehead atoms. The van der Waals surface area contributed by atoms with Crippen LogP contribution in [0.1, 0.15) is 18.1 Å². The molecular formula is C10H12ClF2N. The van der Waals surface area contributed by atoms with Gasteiger partial charge in [0.05, 0.1) is 5.02 Å². The summed E-state index contributed by atoms with van der Waals surface area (Å²) in [6, 6.07) is 0.980. The van der Waals surface area contributed by atoms with Gasteiger partial charge in [0.15, 0.2) is 0 Å². The maximum Gasteiger partial charge on any atom is 0.147 e. The lowest BCUT2D eigenvalue weighted by molar-refractivity contribution is 0.537. The van der Waals surface area contributed by atoms with Crippen molar-refractivity contribution in [1.29, 1.82) is 0 Å². The number of hydrogen-bond donors (Lipinski definition) is 1. The van der Waals surface area contributed by atoms with E-state index in [1.165, 1.54) is 6.07 Å². The Kier molecular flexibility index (Phi) is 3.45. The molecule has 0 amide bonds. The highest BCUT2D eigenvalue weighted by Crippen LogP contribution is 2.25. The Morgan fingerprint density at radius 3 is 2.50 bits per heavy atom. The van der Waals surface area contributed by atoms with Crippen molar-refractivity contribution in [3.05, 3.63) is 33.9 Å². The average Bonchev–Trinajstić information content (AvgIpc) is 2.09. The van der Waals surface area contributed by atoms with Gasteiger partial charge in [-0.2, -0.15) is 0 Å². The molecule has 14 heavy (non-hydrogen) atoms. The Morgan fingerprint density at radius 2 is 2.00 bits per heavy atom. The molecule has 4 heteroatoms. The Hall–Kier alpha value is -0.670. The second-order valence-electron chi connectivity index (χ2n) is 3.46. The molecule has 1 unspecified atom stereocenters. The topological polar surface area (TPSA) is 26.0 Å². The first-order valence-corrected chi connectivity index (χ1v) is 4.69. The highest BCUT2D eigenvalue weighted by molar-refractivity contribution is 6.30. The van der Waals surface area contributed by atoms with Crippen molar-refractivity contribution in [2.75, 3.05) is 0 Å². The summed E-state index contributed by atoms with van der Waals surface area (Å²) in [4.78, 5) is 0. The van der Waals surface area contributed by atoms with Gasteiger partial charge in [-0.3, -0.25) is 0 Å². The first-order chi connectivity index (χ1) is 6.43. The summed E-state index contributed by atoms with van der Waals surface area (Å²) in [5.41, 5.74) is 5.80. The van der Waals surface area contributed by atoms with E-state index in [0.717, 1.165) is 0 Å². The van der Waals surface area contributed by atoms with Gasteiger partial charge in [0.1, 0.15) is 11.6 Å². The van der Waals surface area contributed by atoms with Crippen LogP contribution in [0.3, 0.4) is 0 Å². The van der Waals surface area contributed by atoms with Gasteiger partial charge in [0, 0.05) is 11.6 Å². The molecule has 0 heterocycles. The summed E-state index contributed by atoms with van der Waals surface area (Å²) in [5.74, 6) is -1.25. The van der Waals surface area contributed by atoms with Crippen molar-refractivity contribution >= 4 is 11.6 Å². The number of rotatable bonds is 2. The van der Waals surface area contributed by atoms with Gasteiger partial charge in [-0.05, 0) is 31.9 Å². The van der Waals surface area contributed by atoms with Crippen molar-refractivity contribution in [1.82, 2.24) is 0 Å². The lowest BCUT2D eigenvalue weighted by atomic mass is 10.0. The molecule has 0 aliphatic rings. The van der Waals surface area contributed by atoms with Gasteiger partial charge in [-0.25, -0.2) is 8.78 Å². The van der Waals surface area contributed by atoms with E-state index < -0.39 is 11.6 Å². The third-order valence-electron chi connectivity index (χ3n) is 1.96. The van der Waals surface area contributed by atoms with Crippen LogP contribution in [0.2, 0.25) is 5.02 Å².